The molecule has 3 aromatic rings. The molecule has 2 aromatic heterocycles. The lowest BCUT2D eigenvalue weighted by atomic mass is 10.1. The summed E-state index contributed by atoms with van der Waals surface area (Å²) in [6.07, 6.45) is 7.18. The van der Waals surface area contributed by atoms with E-state index >= 15 is 0 Å². The lowest BCUT2D eigenvalue weighted by molar-refractivity contribution is -0.115. The third-order valence-electron chi connectivity index (χ3n) is 3.65. The molecule has 1 aliphatic heterocycles. The molecule has 0 unspecified atom stereocenters. The maximum atomic E-state index is 12.0. The molecular weight excluding hydrogens is 352 g/mol. The molecule has 0 aliphatic carbocycles. The first kappa shape index (κ1) is 15.7. The topological polar surface area (TPSA) is 59.8 Å². The molecule has 25 heavy (non-hydrogen) atoms. The van der Waals surface area contributed by atoms with Gasteiger partial charge in [-0.05, 0) is 30.3 Å². The van der Waals surface area contributed by atoms with E-state index in [-0.39, 0.29) is 5.91 Å². The molecular formula is C18H12N4OS2. The number of para-hydroxylation sites is 1. The number of rotatable bonds is 3. The van der Waals surface area contributed by atoms with Crippen molar-refractivity contribution >= 4 is 40.3 Å². The standard InChI is InChI=1S/C18H12N4OS2/c23-17-15(25-18(24)20-17)10-13-11-22(14-4-2-1-3-5-14)21-16(13)12-6-8-19-9-7-12/h1-11H,(H,20,23,24)/b15-10-. The van der Waals surface area contributed by atoms with Gasteiger partial charge >= 0.3 is 0 Å². The average Bonchev–Trinajstić information content (AvgIpc) is 3.20. The number of amides is 1. The normalized spacial score (nSPS) is 15.6. The Balaban J connectivity index is 1.84. The van der Waals surface area contributed by atoms with E-state index in [4.69, 9.17) is 17.3 Å². The van der Waals surface area contributed by atoms with Gasteiger partial charge in [0.2, 0.25) is 0 Å². The Bertz CT molecular complexity index is 981. The minimum atomic E-state index is -0.178. The Labute approximate surface area is 153 Å². The van der Waals surface area contributed by atoms with E-state index in [0.717, 1.165) is 22.5 Å². The number of nitrogens with zero attached hydrogens (tertiary/aromatic N) is 3. The quantitative estimate of drug-likeness (QED) is 0.570. The van der Waals surface area contributed by atoms with Gasteiger partial charge in [-0.2, -0.15) is 5.10 Å². The largest absolute Gasteiger partial charge is 0.307 e. The van der Waals surface area contributed by atoms with Gasteiger partial charge in [0, 0.05) is 29.7 Å². The van der Waals surface area contributed by atoms with Crippen LogP contribution in [0.25, 0.3) is 23.0 Å². The third kappa shape index (κ3) is 3.24. The Hall–Kier alpha value is -2.77. The summed E-state index contributed by atoms with van der Waals surface area (Å²) in [7, 11) is 0. The Kier molecular flexibility index (Phi) is 4.17. The first-order valence-corrected chi connectivity index (χ1v) is 8.73. The monoisotopic (exact) mass is 364 g/mol. The van der Waals surface area contributed by atoms with E-state index in [1.807, 2.05) is 54.7 Å². The molecule has 7 heteroatoms. The second-order valence-electron chi connectivity index (χ2n) is 5.30. The van der Waals surface area contributed by atoms with E-state index in [1.165, 1.54) is 11.8 Å². The van der Waals surface area contributed by atoms with Gasteiger partial charge in [0.15, 0.2) is 0 Å². The van der Waals surface area contributed by atoms with Crippen molar-refractivity contribution < 1.29 is 4.79 Å². The highest BCUT2D eigenvalue weighted by Crippen LogP contribution is 2.30. The van der Waals surface area contributed by atoms with E-state index in [2.05, 4.69) is 10.3 Å². The van der Waals surface area contributed by atoms with Crippen LogP contribution in [0.5, 0.6) is 0 Å². The fraction of sp³-hybridized carbons (Fsp3) is 0. The number of carbonyl (C=O) groups excluding carboxylic acids is 1. The SMILES string of the molecule is O=C1NC(=S)S/C1=C\c1cn(-c2ccccc2)nc1-c1ccncc1. The number of nitrogens with one attached hydrogen (secondary N) is 1. The van der Waals surface area contributed by atoms with Crippen molar-refractivity contribution in [2.24, 2.45) is 0 Å². The molecule has 0 spiro atoms. The number of hydrogen-bond acceptors (Lipinski definition) is 5. The van der Waals surface area contributed by atoms with Gasteiger partial charge in [0.05, 0.1) is 10.6 Å². The van der Waals surface area contributed by atoms with Crippen molar-refractivity contribution in [2.45, 2.75) is 0 Å². The highest BCUT2D eigenvalue weighted by atomic mass is 32.2. The van der Waals surface area contributed by atoms with Crippen LogP contribution in [0.2, 0.25) is 0 Å². The molecule has 1 fully saturated rings. The van der Waals surface area contributed by atoms with Crippen LogP contribution < -0.4 is 5.32 Å². The summed E-state index contributed by atoms with van der Waals surface area (Å²) in [4.78, 5) is 16.6. The number of carbonyl (C=O) groups is 1. The highest BCUT2D eigenvalue weighted by molar-refractivity contribution is 8.26. The molecule has 0 atom stereocenters. The molecule has 1 aromatic carbocycles. The van der Waals surface area contributed by atoms with Gasteiger partial charge in [-0.15, -0.1) is 0 Å². The molecule has 1 aliphatic rings. The summed E-state index contributed by atoms with van der Waals surface area (Å²) in [6.45, 7) is 0. The van der Waals surface area contributed by atoms with Gasteiger partial charge in [-0.1, -0.05) is 42.2 Å². The van der Waals surface area contributed by atoms with Crippen molar-refractivity contribution in [3.05, 3.63) is 71.5 Å². The first-order chi connectivity index (χ1) is 12.2. The van der Waals surface area contributed by atoms with E-state index in [0.29, 0.717) is 9.23 Å². The number of hydrogen-bond donors (Lipinski definition) is 1. The van der Waals surface area contributed by atoms with Crippen molar-refractivity contribution in [1.82, 2.24) is 20.1 Å². The van der Waals surface area contributed by atoms with Gasteiger partial charge in [0.25, 0.3) is 5.91 Å². The first-order valence-electron chi connectivity index (χ1n) is 7.51. The molecule has 0 radical (unpaired) electrons. The van der Waals surface area contributed by atoms with Gasteiger partial charge < -0.3 is 5.32 Å². The molecule has 122 valence electrons. The zero-order chi connectivity index (χ0) is 17.2. The molecule has 3 heterocycles. The molecule has 5 nitrogen and oxygen atoms in total. The second kappa shape index (κ2) is 6.62. The van der Waals surface area contributed by atoms with Crippen LogP contribution in [0.15, 0.2) is 66.0 Å². The average molecular weight is 364 g/mol. The molecule has 4 rings (SSSR count). The Morgan fingerprint density at radius 1 is 1.12 bits per heavy atom. The summed E-state index contributed by atoms with van der Waals surface area (Å²) in [5.74, 6) is -0.178. The van der Waals surface area contributed by atoms with Crippen LogP contribution in [-0.4, -0.2) is 25.0 Å². The molecule has 0 saturated carbocycles. The third-order valence-corrected chi connectivity index (χ3v) is 4.81. The lowest BCUT2D eigenvalue weighted by Gasteiger charge is -2.00. The minimum Gasteiger partial charge on any atom is -0.307 e. The van der Waals surface area contributed by atoms with Crippen LogP contribution in [-0.2, 0) is 4.79 Å². The Morgan fingerprint density at radius 3 is 2.56 bits per heavy atom. The fourth-order valence-electron chi connectivity index (χ4n) is 2.50. The summed E-state index contributed by atoms with van der Waals surface area (Å²) in [5.41, 5.74) is 3.51. The molecule has 1 amide bonds. The summed E-state index contributed by atoms with van der Waals surface area (Å²) < 4.78 is 2.27. The molecule has 1 saturated heterocycles. The molecule has 1 N–H and O–H groups in total. The van der Waals surface area contributed by atoms with Crippen LogP contribution >= 0.6 is 24.0 Å². The van der Waals surface area contributed by atoms with Crippen molar-refractivity contribution in [1.29, 1.82) is 0 Å². The van der Waals surface area contributed by atoms with Crippen molar-refractivity contribution in [2.75, 3.05) is 0 Å². The second-order valence-corrected chi connectivity index (χ2v) is 7.02. The maximum Gasteiger partial charge on any atom is 0.263 e. The van der Waals surface area contributed by atoms with Crippen LogP contribution in [0, 0.1) is 0 Å². The Morgan fingerprint density at radius 2 is 1.88 bits per heavy atom. The number of thioether (sulfide) groups is 1. The number of pyridine rings is 1. The summed E-state index contributed by atoms with van der Waals surface area (Å²) >= 11 is 6.32. The molecule has 0 bridgehead atoms. The van der Waals surface area contributed by atoms with Crippen molar-refractivity contribution in [3.63, 3.8) is 0 Å². The zero-order valence-electron chi connectivity index (χ0n) is 12.9. The smallest absolute Gasteiger partial charge is 0.263 e. The van der Waals surface area contributed by atoms with Crippen LogP contribution in [0.1, 0.15) is 5.56 Å². The van der Waals surface area contributed by atoms with E-state index < -0.39 is 0 Å². The van der Waals surface area contributed by atoms with E-state index in [9.17, 15) is 4.79 Å². The predicted octanol–water partition coefficient (Wildman–Crippen LogP) is 3.42. The zero-order valence-corrected chi connectivity index (χ0v) is 14.6. The van der Waals surface area contributed by atoms with Gasteiger partial charge in [0.1, 0.15) is 10.0 Å². The minimum absolute atomic E-state index is 0.178. The maximum absolute atomic E-state index is 12.0. The van der Waals surface area contributed by atoms with Gasteiger partial charge in [-0.3, -0.25) is 9.78 Å². The summed E-state index contributed by atoms with van der Waals surface area (Å²) in [6, 6.07) is 13.6. The number of aromatic nitrogens is 3. The predicted molar refractivity (Wildman–Crippen MR) is 103 cm³/mol. The van der Waals surface area contributed by atoms with Gasteiger partial charge in [-0.25, -0.2) is 4.68 Å². The van der Waals surface area contributed by atoms with Crippen LogP contribution in [0.4, 0.5) is 0 Å². The van der Waals surface area contributed by atoms with E-state index in [1.54, 1.807) is 17.1 Å². The van der Waals surface area contributed by atoms with Crippen molar-refractivity contribution in [3.8, 4) is 16.9 Å². The fourth-order valence-corrected chi connectivity index (χ4v) is 3.54. The number of thiocarbonyl (C=S) groups is 1. The number of benzene rings is 1. The highest BCUT2D eigenvalue weighted by Gasteiger charge is 2.23. The summed E-state index contributed by atoms with van der Waals surface area (Å²) in [5, 5.41) is 7.34. The van der Waals surface area contributed by atoms with Crippen LogP contribution in [0.3, 0.4) is 0 Å². The lowest BCUT2D eigenvalue weighted by Crippen LogP contribution is -2.17.